The summed E-state index contributed by atoms with van der Waals surface area (Å²) in [5.41, 5.74) is 0.0718. The van der Waals surface area contributed by atoms with Gasteiger partial charge in [-0.3, -0.25) is 10.1 Å². The number of nitro groups is 1. The lowest BCUT2D eigenvalue weighted by molar-refractivity contribution is -0.384. The maximum Gasteiger partial charge on any atom is 0.269 e. The molecule has 0 amide bonds. The third-order valence-electron chi connectivity index (χ3n) is 2.77. The predicted molar refractivity (Wildman–Crippen MR) is 87.2 cm³/mol. The molecule has 0 atom stereocenters. The Morgan fingerprint density at radius 1 is 1.19 bits per heavy atom. The number of nitro benzene ring substituents is 1. The SMILES string of the molecule is O=[N+]([O-])c1ccc(OCCNCCc2ccc(Br)s2)cc1. The van der Waals surface area contributed by atoms with Gasteiger partial charge in [0.1, 0.15) is 12.4 Å². The largest absolute Gasteiger partial charge is 0.492 e. The highest BCUT2D eigenvalue weighted by atomic mass is 79.9. The highest BCUT2D eigenvalue weighted by Gasteiger charge is 2.04. The molecule has 0 aliphatic rings. The number of hydrogen-bond acceptors (Lipinski definition) is 5. The van der Waals surface area contributed by atoms with Crippen molar-refractivity contribution >= 4 is 33.0 Å². The van der Waals surface area contributed by atoms with Gasteiger partial charge < -0.3 is 10.1 Å². The summed E-state index contributed by atoms with van der Waals surface area (Å²) >= 11 is 5.18. The number of thiophene rings is 1. The van der Waals surface area contributed by atoms with Crippen molar-refractivity contribution in [1.29, 1.82) is 0 Å². The number of halogens is 1. The lowest BCUT2D eigenvalue weighted by Gasteiger charge is -2.07. The maximum atomic E-state index is 10.5. The first-order valence-corrected chi connectivity index (χ1v) is 8.08. The highest BCUT2D eigenvalue weighted by Crippen LogP contribution is 2.22. The molecule has 1 aromatic carbocycles. The van der Waals surface area contributed by atoms with Crippen LogP contribution in [-0.4, -0.2) is 24.6 Å². The van der Waals surface area contributed by atoms with Crippen LogP contribution in [0.2, 0.25) is 0 Å². The average Bonchev–Trinajstić information content (AvgIpc) is 2.89. The van der Waals surface area contributed by atoms with Gasteiger partial charge in [-0.25, -0.2) is 0 Å². The highest BCUT2D eigenvalue weighted by molar-refractivity contribution is 9.11. The van der Waals surface area contributed by atoms with E-state index >= 15 is 0 Å². The van der Waals surface area contributed by atoms with Crippen molar-refractivity contribution in [3.05, 3.63) is 55.2 Å². The number of non-ortho nitro benzene ring substituents is 1. The van der Waals surface area contributed by atoms with E-state index in [1.165, 1.54) is 17.0 Å². The van der Waals surface area contributed by atoms with E-state index in [0.717, 1.165) is 23.3 Å². The molecule has 5 nitrogen and oxygen atoms in total. The van der Waals surface area contributed by atoms with Crippen molar-refractivity contribution in [3.8, 4) is 5.75 Å². The van der Waals surface area contributed by atoms with Crippen LogP contribution in [0.3, 0.4) is 0 Å². The Kier molecular flexibility index (Phi) is 6.16. The van der Waals surface area contributed by atoms with Crippen molar-refractivity contribution in [2.45, 2.75) is 6.42 Å². The van der Waals surface area contributed by atoms with E-state index in [1.807, 2.05) is 0 Å². The Hall–Kier alpha value is -1.44. The van der Waals surface area contributed by atoms with Crippen LogP contribution in [0.1, 0.15) is 4.88 Å². The zero-order valence-corrected chi connectivity index (χ0v) is 13.7. The molecular weight excluding hydrogens is 356 g/mol. The van der Waals surface area contributed by atoms with Gasteiger partial charge in [0.15, 0.2) is 0 Å². The van der Waals surface area contributed by atoms with Crippen molar-refractivity contribution in [2.24, 2.45) is 0 Å². The minimum Gasteiger partial charge on any atom is -0.492 e. The van der Waals surface area contributed by atoms with Crippen molar-refractivity contribution in [2.75, 3.05) is 19.7 Å². The van der Waals surface area contributed by atoms with Gasteiger partial charge in [-0.1, -0.05) is 0 Å². The van der Waals surface area contributed by atoms with E-state index in [2.05, 4.69) is 33.4 Å². The molecule has 0 unspecified atom stereocenters. The van der Waals surface area contributed by atoms with Gasteiger partial charge >= 0.3 is 0 Å². The first-order valence-electron chi connectivity index (χ1n) is 6.47. The van der Waals surface area contributed by atoms with E-state index in [0.29, 0.717) is 12.4 Å². The van der Waals surface area contributed by atoms with Gasteiger partial charge in [0.2, 0.25) is 0 Å². The number of hydrogen-bond donors (Lipinski definition) is 1. The second kappa shape index (κ2) is 8.11. The fourth-order valence-corrected chi connectivity index (χ4v) is 3.21. The summed E-state index contributed by atoms with van der Waals surface area (Å²) < 4.78 is 6.66. The number of ether oxygens (including phenoxy) is 1. The summed E-state index contributed by atoms with van der Waals surface area (Å²) in [6.45, 7) is 2.17. The topological polar surface area (TPSA) is 64.4 Å². The standard InChI is InChI=1S/C14H15BrN2O3S/c15-14-6-5-13(21-14)7-8-16-9-10-20-12-3-1-11(2-4-12)17(18)19/h1-6,16H,7-10H2. The molecule has 0 aliphatic carbocycles. The second-order valence-electron chi connectivity index (χ2n) is 4.31. The minimum atomic E-state index is -0.422. The zero-order chi connectivity index (χ0) is 15.1. The quantitative estimate of drug-likeness (QED) is 0.437. The summed E-state index contributed by atoms with van der Waals surface area (Å²) in [4.78, 5) is 11.4. The van der Waals surface area contributed by atoms with Crippen molar-refractivity contribution in [1.82, 2.24) is 5.32 Å². The number of nitrogens with one attached hydrogen (secondary N) is 1. The summed E-state index contributed by atoms with van der Waals surface area (Å²) in [5, 5.41) is 13.8. The molecule has 0 spiro atoms. The summed E-state index contributed by atoms with van der Waals surface area (Å²) in [6, 6.07) is 10.3. The molecule has 21 heavy (non-hydrogen) atoms. The van der Waals surface area contributed by atoms with Crippen LogP contribution in [0.5, 0.6) is 5.75 Å². The molecule has 1 aromatic heterocycles. The molecule has 1 N–H and O–H groups in total. The van der Waals surface area contributed by atoms with Crippen molar-refractivity contribution in [3.63, 3.8) is 0 Å². The third kappa shape index (κ3) is 5.45. The Labute approximate surface area is 135 Å². The van der Waals surface area contributed by atoms with Crippen molar-refractivity contribution < 1.29 is 9.66 Å². The van der Waals surface area contributed by atoms with Gasteiger partial charge in [0.05, 0.1) is 8.71 Å². The summed E-state index contributed by atoms with van der Waals surface area (Å²) in [5.74, 6) is 0.643. The van der Waals surface area contributed by atoms with Gasteiger partial charge in [-0.15, -0.1) is 11.3 Å². The normalized spacial score (nSPS) is 10.5. The van der Waals surface area contributed by atoms with E-state index in [-0.39, 0.29) is 5.69 Å². The van der Waals surface area contributed by atoms with Crippen LogP contribution in [0.15, 0.2) is 40.2 Å². The molecule has 0 bridgehead atoms. The number of benzene rings is 1. The van der Waals surface area contributed by atoms with E-state index < -0.39 is 4.92 Å². The summed E-state index contributed by atoms with van der Waals surface area (Å²) in [7, 11) is 0. The average molecular weight is 371 g/mol. The molecule has 7 heteroatoms. The lowest BCUT2D eigenvalue weighted by Crippen LogP contribution is -2.23. The third-order valence-corrected chi connectivity index (χ3v) is 4.46. The van der Waals surface area contributed by atoms with Crippen LogP contribution >= 0.6 is 27.3 Å². The molecule has 0 aliphatic heterocycles. The van der Waals surface area contributed by atoms with E-state index in [4.69, 9.17) is 4.74 Å². The fraction of sp³-hybridized carbons (Fsp3) is 0.286. The molecule has 0 saturated heterocycles. The first kappa shape index (κ1) is 15.9. The molecule has 0 radical (unpaired) electrons. The van der Waals surface area contributed by atoms with Gasteiger partial charge in [-0.2, -0.15) is 0 Å². The van der Waals surface area contributed by atoms with Gasteiger partial charge in [0, 0.05) is 30.1 Å². The lowest BCUT2D eigenvalue weighted by atomic mass is 10.3. The molecule has 2 rings (SSSR count). The Morgan fingerprint density at radius 3 is 2.57 bits per heavy atom. The van der Waals surface area contributed by atoms with E-state index in [1.54, 1.807) is 23.5 Å². The predicted octanol–water partition coefficient (Wildman–Crippen LogP) is 3.63. The Bertz CT molecular complexity index is 586. The van der Waals surface area contributed by atoms with Gasteiger partial charge in [0.25, 0.3) is 5.69 Å². The second-order valence-corrected chi connectivity index (χ2v) is 6.85. The maximum absolute atomic E-state index is 10.5. The Balaban J connectivity index is 1.60. The molecule has 1 heterocycles. The molecular formula is C14H15BrN2O3S. The zero-order valence-electron chi connectivity index (χ0n) is 11.3. The Morgan fingerprint density at radius 2 is 1.95 bits per heavy atom. The molecule has 2 aromatic rings. The van der Waals surface area contributed by atoms with Gasteiger partial charge in [-0.05, 0) is 46.6 Å². The van der Waals surface area contributed by atoms with E-state index in [9.17, 15) is 10.1 Å². The molecule has 112 valence electrons. The summed E-state index contributed by atoms with van der Waals surface area (Å²) in [6.07, 6.45) is 0.994. The molecule has 0 saturated carbocycles. The molecule has 0 fully saturated rings. The number of nitrogens with zero attached hydrogens (tertiary/aromatic N) is 1. The number of rotatable bonds is 8. The minimum absolute atomic E-state index is 0.0718. The fourth-order valence-electron chi connectivity index (χ4n) is 1.73. The van der Waals surface area contributed by atoms with Crippen LogP contribution in [0.25, 0.3) is 0 Å². The van der Waals surface area contributed by atoms with Crippen LogP contribution in [0.4, 0.5) is 5.69 Å². The monoisotopic (exact) mass is 370 g/mol. The first-order chi connectivity index (χ1) is 10.1. The smallest absolute Gasteiger partial charge is 0.269 e. The van der Waals surface area contributed by atoms with Crippen LogP contribution < -0.4 is 10.1 Å². The van der Waals surface area contributed by atoms with Crippen LogP contribution in [0, 0.1) is 10.1 Å². The van der Waals surface area contributed by atoms with Crippen LogP contribution in [-0.2, 0) is 6.42 Å².